The molecule has 1 aromatic carbocycles. The summed E-state index contributed by atoms with van der Waals surface area (Å²) in [6.45, 7) is 11.7. The average molecular weight is 390 g/mol. The fourth-order valence-corrected chi connectivity index (χ4v) is 3.57. The highest BCUT2D eigenvalue weighted by atomic mass is 16.5. The molecule has 6 heteroatoms. The van der Waals surface area contributed by atoms with Gasteiger partial charge in [0, 0.05) is 45.7 Å². The topological polar surface area (TPSA) is 53.1 Å². The lowest BCUT2D eigenvalue weighted by atomic mass is 10.1. The van der Waals surface area contributed by atoms with Gasteiger partial charge in [0.2, 0.25) is 11.8 Å². The van der Waals surface area contributed by atoms with E-state index in [-0.39, 0.29) is 11.8 Å². The summed E-state index contributed by atoms with van der Waals surface area (Å²) in [6, 6.07) is 7.97. The second kappa shape index (κ2) is 11.7. The van der Waals surface area contributed by atoms with Gasteiger partial charge in [-0.25, -0.2) is 0 Å². The molecule has 0 spiro atoms. The molecule has 28 heavy (non-hydrogen) atoms. The van der Waals surface area contributed by atoms with Crippen LogP contribution >= 0.6 is 0 Å². The standard InChI is InChI=1S/C22H35N3O3/c1-4-24(5-2)22(27)18-23-14-7-15-25(17-16-23)21(26)13-10-19-8-11-20(12-9-19)28-6-3/h8-9,11-12H,4-7,10,13-18H2,1-3H3. The predicted molar refractivity (Wildman–Crippen MR) is 111 cm³/mol. The lowest BCUT2D eigenvalue weighted by molar-refractivity contribution is -0.132. The Hall–Kier alpha value is -2.08. The number of benzene rings is 1. The Morgan fingerprint density at radius 2 is 1.71 bits per heavy atom. The first-order valence-corrected chi connectivity index (χ1v) is 10.6. The van der Waals surface area contributed by atoms with Crippen LogP contribution in [-0.4, -0.2) is 78.9 Å². The van der Waals surface area contributed by atoms with E-state index in [1.807, 2.05) is 54.8 Å². The van der Waals surface area contributed by atoms with E-state index < -0.39 is 0 Å². The lowest BCUT2D eigenvalue weighted by Gasteiger charge is -2.25. The van der Waals surface area contributed by atoms with Crippen molar-refractivity contribution in [1.82, 2.24) is 14.7 Å². The molecule has 1 heterocycles. The number of rotatable bonds is 9. The molecule has 2 rings (SSSR count). The van der Waals surface area contributed by atoms with Crippen molar-refractivity contribution in [3.8, 4) is 5.75 Å². The summed E-state index contributed by atoms with van der Waals surface area (Å²) >= 11 is 0. The van der Waals surface area contributed by atoms with E-state index in [9.17, 15) is 9.59 Å². The minimum atomic E-state index is 0.181. The number of aryl methyl sites for hydroxylation is 1. The van der Waals surface area contributed by atoms with Gasteiger partial charge < -0.3 is 14.5 Å². The van der Waals surface area contributed by atoms with Crippen molar-refractivity contribution in [1.29, 1.82) is 0 Å². The third kappa shape index (κ3) is 6.82. The van der Waals surface area contributed by atoms with Crippen molar-refractivity contribution < 1.29 is 14.3 Å². The summed E-state index contributed by atoms with van der Waals surface area (Å²) in [5.41, 5.74) is 1.15. The first kappa shape index (κ1) is 22.2. The molecular formula is C22H35N3O3. The number of hydrogen-bond donors (Lipinski definition) is 0. The molecule has 1 fully saturated rings. The molecule has 2 amide bonds. The van der Waals surface area contributed by atoms with Gasteiger partial charge in [0.25, 0.3) is 0 Å². The van der Waals surface area contributed by atoms with Gasteiger partial charge >= 0.3 is 0 Å². The van der Waals surface area contributed by atoms with E-state index >= 15 is 0 Å². The van der Waals surface area contributed by atoms with Crippen LogP contribution in [-0.2, 0) is 16.0 Å². The molecular weight excluding hydrogens is 354 g/mol. The number of ether oxygens (including phenoxy) is 1. The number of nitrogens with zero attached hydrogens (tertiary/aromatic N) is 3. The second-order valence-corrected chi connectivity index (χ2v) is 7.15. The maximum absolute atomic E-state index is 12.6. The van der Waals surface area contributed by atoms with Gasteiger partial charge in [-0.05, 0) is 51.3 Å². The molecule has 1 saturated heterocycles. The second-order valence-electron chi connectivity index (χ2n) is 7.15. The summed E-state index contributed by atoms with van der Waals surface area (Å²) in [5.74, 6) is 1.25. The van der Waals surface area contributed by atoms with Gasteiger partial charge in [0.05, 0.1) is 13.2 Å². The van der Waals surface area contributed by atoms with Crippen LogP contribution in [0.3, 0.4) is 0 Å². The van der Waals surface area contributed by atoms with Gasteiger partial charge in [0.15, 0.2) is 0 Å². The summed E-state index contributed by atoms with van der Waals surface area (Å²) < 4.78 is 5.46. The van der Waals surface area contributed by atoms with Crippen LogP contribution in [0.15, 0.2) is 24.3 Å². The third-order valence-corrected chi connectivity index (χ3v) is 5.28. The zero-order chi connectivity index (χ0) is 20.4. The monoisotopic (exact) mass is 389 g/mol. The quantitative estimate of drug-likeness (QED) is 0.651. The molecule has 1 aliphatic rings. The van der Waals surface area contributed by atoms with Crippen LogP contribution in [0.25, 0.3) is 0 Å². The Balaban J connectivity index is 1.78. The molecule has 1 aromatic rings. The van der Waals surface area contributed by atoms with Gasteiger partial charge in [0.1, 0.15) is 5.75 Å². The maximum atomic E-state index is 12.6. The van der Waals surface area contributed by atoms with Gasteiger partial charge in [-0.2, -0.15) is 0 Å². The number of hydrogen-bond acceptors (Lipinski definition) is 4. The highest BCUT2D eigenvalue weighted by Gasteiger charge is 2.21. The van der Waals surface area contributed by atoms with E-state index in [1.54, 1.807) is 0 Å². The maximum Gasteiger partial charge on any atom is 0.236 e. The molecule has 0 unspecified atom stereocenters. The Kier molecular flexibility index (Phi) is 9.28. The smallest absolute Gasteiger partial charge is 0.236 e. The fraction of sp³-hybridized carbons (Fsp3) is 0.636. The number of carbonyl (C=O) groups is 2. The number of likely N-dealkylation sites (N-methyl/N-ethyl adjacent to an activating group) is 1. The van der Waals surface area contributed by atoms with Gasteiger partial charge in [-0.3, -0.25) is 14.5 Å². The van der Waals surface area contributed by atoms with Crippen LogP contribution in [0.2, 0.25) is 0 Å². The van der Waals surface area contributed by atoms with E-state index in [0.29, 0.717) is 26.1 Å². The first-order chi connectivity index (χ1) is 13.6. The number of amides is 2. The Morgan fingerprint density at radius 1 is 1.00 bits per heavy atom. The summed E-state index contributed by atoms with van der Waals surface area (Å²) in [4.78, 5) is 31.0. The molecule has 0 atom stereocenters. The van der Waals surface area contributed by atoms with Crippen LogP contribution in [0.1, 0.15) is 39.2 Å². The number of carbonyl (C=O) groups excluding carboxylic acids is 2. The van der Waals surface area contributed by atoms with E-state index in [1.165, 1.54) is 0 Å². The zero-order valence-corrected chi connectivity index (χ0v) is 17.7. The largest absolute Gasteiger partial charge is 0.494 e. The molecule has 0 N–H and O–H groups in total. The zero-order valence-electron chi connectivity index (χ0n) is 17.7. The average Bonchev–Trinajstić information content (AvgIpc) is 2.94. The molecule has 0 aromatic heterocycles. The van der Waals surface area contributed by atoms with Crippen LogP contribution in [0, 0.1) is 0 Å². The molecule has 0 radical (unpaired) electrons. The summed E-state index contributed by atoms with van der Waals surface area (Å²) in [6.07, 6.45) is 2.18. The van der Waals surface area contributed by atoms with Crippen molar-refractivity contribution in [2.45, 2.75) is 40.0 Å². The lowest BCUT2D eigenvalue weighted by Crippen LogP contribution is -2.42. The van der Waals surface area contributed by atoms with Crippen molar-refractivity contribution >= 4 is 11.8 Å². The van der Waals surface area contributed by atoms with Gasteiger partial charge in [-0.1, -0.05) is 12.1 Å². The van der Waals surface area contributed by atoms with Crippen LogP contribution in [0.5, 0.6) is 5.75 Å². The molecule has 0 aliphatic carbocycles. The molecule has 6 nitrogen and oxygen atoms in total. The Bertz CT molecular complexity index is 614. The molecule has 0 bridgehead atoms. The van der Waals surface area contributed by atoms with E-state index in [4.69, 9.17) is 4.74 Å². The molecule has 0 saturated carbocycles. The molecule has 156 valence electrons. The Morgan fingerprint density at radius 3 is 2.36 bits per heavy atom. The summed E-state index contributed by atoms with van der Waals surface area (Å²) in [5, 5.41) is 0. The van der Waals surface area contributed by atoms with Crippen LogP contribution in [0.4, 0.5) is 0 Å². The fourth-order valence-electron chi connectivity index (χ4n) is 3.57. The highest BCUT2D eigenvalue weighted by Crippen LogP contribution is 2.14. The van der Waals surface area contributed by atoms with E-state index in [2.05, 4.69) is 4.90 Å². The first-order valence-electron chi connectivity index (χ1n) is 10.6. The SMILES string of the molecule is CCOc1ccc(CCC(=O)N2CCCN(CC(=O)N(CC)CC)CC2)cc1. The normalized spacial score (nSPS) is 15.2. The van der Waals surface area contributed by atoms with Crippen molar-refractivity contribution in [3.05, 3.63) is 29.8 Å². The van der Waals surface area contributed by atoms with Gasteiger partial charge in [-0.15, -0.1) is 0 Å². The van der Waals surface area contributed by atoms with Crippen molar-refractivity contribution in [3.63, 3.8) is 0 Å². The van der Waals surface area contributed by atoms with Crippen LogP contribution < -0.4 is 4.74 Å². The molecule has 1 aliphatic heterocycles. The Labute approximate surface area is 169 Å². The minimum absolute atomic E-state index is 0.181. The van der Waals surface area contributed by atoms with Crippen molar-refractivity contribution in [2.24, 2.45) is 0 Å². The highest BCUT2D eigenvalue weighted by molar-refractivity contribution is 5.78. The van der Waals surface area contributed by atoms with E-state index in [0.717, 1.165) is 56.9 Å². The third-order valence-electron chi connectivity index (χ3n) is 5.28. The summed E-state index contributed by atoms with van der Waals surface area (Å²) in [7, 11) is 0. The minimum Gasteiger partial charge on any atom is -0.494 e. The van der Waals surface area contributed by atoms with Crippen molar-refractivity contribution in [2.75, 3.05) is 52.4 Å². The predicted octanol–water partition coefficient (Wildman–Crippen LogP) is 2.42.